The lowest BCUT2D eigenvalue weighted by molar-refractivity contribution is -0.116. The number of carbonyl (C=O) groups is 1. The molecule has 1 N–H and O–H groups in total. The first-order valence-corrected chi connectivity index (χ1v) is 9.74. The summed E-state index contributed by atoms with van der Waals surface area (Å²) < 4.78 is 11.2. The summed E-state index contributed by atoms with van der Waals surface area (Å²) in [4.78, 5) is 19.2. The Labute approximate surface area is 168 Å². The van der Waals surface area contributed by atoms with Crippen LogP contribution in [0.15, 0.2) is 24.3 Å². The number of hydrogen-bond acceptors (Lipinski definition) is 5. The van der Waals surface area contributed by atoms with Crippen LogP contribution in [0.1, 0.15) is 23.6 Å². The second-order valence-electron chi connectivity index (χ2n) is 7.53. The van der Waals surface area contributed by atoms with Gasteiger partial charge in [-0.25, -0.2) is 4.98 Å². The number of aromatic nitrogens is 1. The largest absolute Gasteiger partial charge is 0.508 e. The number of benzene rings is 2. The molecule has 1 aromatic heterocycles. The number of anilines is 1. The van der Waals surface area contributed by atoms with E-state index in [1.165, 1.54) is 11.1 Å². The number of phenolic OH excluding ortho intramolecular Hbond substituents is 1. The number of fused-ring (bicyclic) bond motifs is 4. The van der Waals surface area contributed by atoms with Crippen LogP contribution in [-0.2, 0) is 24.1 Å². The van der Waals surface area contributed by atoms with Crippen molar-refractivity contribution in [3.05, 3.63) is 41.0 Å². The number of amides is 1. The molecule has 1 aliphatic carbocycles. The lowest BCUT2D eigenvalue weighted by Gasteiger charge is -2.33. The highest BCUT2D eigenvalue weighted by molar-refractivity contribution is 6.09. The van der Waals surface area contributed by atoms with E-state index in [4.69, 9.17) is 14.5 Å². The van der Waals surface area contributed by atoms with E-state index in [9.17, 15) is 9.90 Å². The third-order valence-electron chi connectivity index (χ3n) is 6.03. The average molecular weight is 390 g/mol. The molecule has 6 nitrogen and oxygen atoms in total. The van der Waals surface area contributed by atoms with Gasteiger partial charge in [0.2, 0.25) is 5.91 Å². The van der Waals surface area contributed by atoms with Crippen LogP contribution in [0.4, 0.5) is 5.69 Å². The van der Waals surface area contributed by atoms with Crippen molar-refractivity contribution in [3.8, 4) is 28.5 Å². The van der Waals surface area contributed by atoms with E-state index >= 15 is 0 Å². The molecule has 2 aromatic carbocycles. The van der Waals surface area contributed by atoms with Crippen molar-refractivity contribution < 1.29 is 19.4 Å². The van der Waals surface area contributed by atoms with Crippen molar-refractivity contribution in [2.45, 2.75) is 26.2 Å². The Balaban J connectivity index is 1.89. The Hall–Kier alpha value is -3.28. The van der Waals surface area contributed by atoms with E-state index in [2.05, 4.69) is 0 Å². The maximum Gasteiger partial charge on any atom is 0.223 e. The molecule has 0 unspecified atom stereocenters. The highest BCUT2D eigenvalue weighted by Gasteiger charge is 2.32. The van der Waals surface area contributed by atoms with E-state index in [0.717, 1.165) is 52.7 Å². The molecule has 29 heavy (non-hydrogen) atoms. The number of carbonyl (C=O) groups excluding carboxylic acids is 1. The van der Waals surface area contributed by atoms with Gasteiger partial charge in [0.05, 0.1) is 31.1 Å². The quantitative estimate of drug-likeness (QED) is 0.723. The molecule has 0 atom stereocenters. The molecular weight excluding hydrogens is 368 g/mol. The first kappa shape index (κ1) is 17.8. The fourth-order valence-corrected chi connectivity index (χ4v) is 4.78. The lowest BCUT2D eigenvalue weighted by atomic mass is 9.83. The summed E-state index contributed by atoms with van der Waals surface area (Å²) in [7, 11) is 3.19. The number of pyridine rings is 1. The average Bonchev–Trinajstić information content (AvgIpc) is 2.72. The molecule has 1 aliphatic heterocycles. The van der Waals surface area contributed by atoms with Gasteiger partial charge in [0.15, 0.2) is 11.5 Å². The van der Waals surface area contributed by atoms with Gasteiger partial charge in [-0.05, 0) is 54.2 Å². The predicted octanol–water partition coefficient (Wildman–Crippen LogP) is 3.63. The van der Waals surface area contributed by atoms with Gasteiger partial charge in [-0.3, -0.25) is 4.79 Å². The summed E-state index contributed by atoms with van der Waals surface area (Å²) in [5.41, 5.74) is 7.14. The van der Waals surface area contributed by atoms with Gasteiger partial charge in [0.25, 0.3) is 0 Å². The molecule has 5 rings (SSSR count). The number of hydrogen-bond donors (Lipinski definition) is 1. The Bertz CT molecular complexity index is 1190. The second kappa shape index (κ2) is 6.37. The zero-order valence-corrected chi connectivity index (χ0v) is 16.7. The first-order valence-electron chi connectivity index (χ1n) is 9.74. The number of nitrogens with zero attached hydrogens (tertiary/aromatic N) is 2. The molecule has 3 aromatic rings. The van der Waals surface area contributed by atoms with Crippen molar-refractivity contribution in [1.29, 1.82) is 0 Å². The summed E-state index contributed by atoms with van der Waals surface area (Å²) in [5.74, 6) is 1.38. The van der Waals surface area contributed by atoms with Crippen LogP contribution in [-0.4, -0.2) is 36.8 Å². The minimum atomic E-state index is -0.0259. The molecular formula is C23H22N2O4. The third-order valence-corrected chi connectivity index (χ3v) is 6.03. The second-order valence-corrected chi connectivity index (χ2v) is 7.53. The Morgan fingerprint density at radius 3 is 2.66 bits per heavy atom. The molecule has 148 valence electrons. The monoisotopic (exact) mass is 390 g/mol. The highest BCUT2D eigenvalue weighted by atomic mass is 16.5. The van der Waals surface area contributed by atoms with Gasteiger partial charge in [0, 0.05) is 30.5 Å². The maximum atomic E-state index is 12.4. The Kier molecular flexibility index (Phi) is 3.91. The number of aromatic hydroxyl groups is 1. The van der Waals surface area contributed by atoms with Crippen molar-refractivity contribution >= 4 is 22.5 Å². The fraction of sp³-hybridized carbons (Fsp3) is 0.304. The van der Waals surface area contributed by atoms with E-state index in [-0.39, 0.29) is 11.7 Å². The maximum absolute atomic E-state index is 12.4. The lowest BCUT2D eigenvalue weighted by Crippen LogP contribution is -2.34. The molecule has 2 aliphatic rings. The number of methoxy groups -OCH3 is 2. The smallest absolute Gasteiger partial charge is 0.223 e. The van der Waals surface area contributed by atoms with Crippen LogP contribution < -0.4 is 14.4 Å². The van der Waals surface area contributed by atoms with E-state index in [0.29, 0.717) is 18.0 Å². The van der Waals surface area contributed by atoms with E-state index in [1.54, 1.807) is 32.1 Å². The van der Waals surface area contributed by atoms with Crippen molar-refractivity contribution in [3.63, 3.8) is 0 Å². The summed E-state index contributed by atoms with van der Waals surface area (Å²) in [6.07, 6.45) is 2.49. The van der Waals surface area contributed by atoms with Crippen LogP contribution in [0.25, 0.3) is 22.2 Å². The van der Waals surface area contributed by atoms with Crippen molar-refractivity contribution in [2.24, 2.45) is 0 Å². The number of ether oxygens (including phenoxy) is 2. The summed E-state index contributed by atoms with van der Waals surface area (Å²) in [5, 5.41) is 10.9. The number of phenols is 1. The van der Waals surface area contributed by atoms with Crippen LogP contribution in [0, 0.1) is 0 Å². The molecule has 0 saturated carbocycles. The highest BCUT2D eigenvalue weighted by Crippen LogP contribution is 2.49. The van der Waals surface area contributed by atoms with Gasteiger partial charge in [0.1, 0.15) is 5.75 Å². The molecule has 0 saturated heterocycles. The van der Waals surface area contributed by atoms with Gasteiger partial charge in [-0.1, -0.05) is 0 Å². The first-order chi connectivity index (χ1) is 14.0. The van der Waals surface area contributed by atoms with Crippen molar-refractivity contribution in [2.75, 3.05) is 25.7 Å². The summed E-state index contributed by atoms with van der Waals surface area (Å²) >= 11 is 0. The molecule has 6 heteroatoms. The van der Waals surface area contributed by atoms with Crippen molar-refractivity contribution in [1.82, 2.24) is 4.98 Å². The fourth-order valence-electron chi connectivity index (χ4n) is 4.78. The van der Waals surface area contributed by atoms with E-state index < -0.39 is 0 Å². The van der Waals surface area contributed by atoms with Crippen LogP contribution in [0.5, 0.6) is 17.2 Å². The SMILES string of the molecule is COc1cc2nc3c(c4c2c(c1OC)N(C(C)=O)CC4)CCc1cc(O)ccc1-3. The minimum absolute atomic E-state index is 0.0259. The Morgan fingerprint density at radius 2 is 1.93 bits per heavy atom. The summed E-state index contributed by atoms with van der Waals surface area (Å²) in [6, 6.07) is 7.37. The van der Waals surface area contributed by atoms with Gasteiger partial charge in [-0.2, -0.15) is 0 Å². The van der Waals surface area contributed by atoms with Gasteiger partial charge >= 0.3 is 0 Å². The van der Waals surface area contributed by atoms with Crippen LogP contribution >= 0.6 is 0 Å². The third kappa shape index (κ3) is 2.48. The topological polar surface area (TPSA) is 71.9 Å². The molecule has 2 heterocycles. The van der Waals surface area contributed by atoms with Gasteiger partial charge in [-0.15, -0.1) is 0 Å². The van der Waals surface area contributed by atoms with Crippen LogP contribution in [0.3, 0.4) is 0 Å². The van der Waals surface area contributed by atoms with E-state index in [1.807, 2.05) is 18.2 Å². The zero-order chi connectivity index (χ0) is 20.3. The van der Waals surface area contributed by atoms with Crippen LogP contribution in [0.2, 0.25) is 0 Å². The standard InChI is InChI=1S/C23H22N2O4/c1-12(26)25-9-8-16-17-6-4-13-10-14(27)5-7-15(13)21(17)24-18-11-19(28-2)23(29-3)22(25)20(16)18/h5,7,10-11,27H,4,6,8-9H2,1-3H3. The molecule has 0 bridgehead atoms. The number of aryl methyl sites for hydroxylation is 1. The predicted molar refractivity (Wildman–Crippen MR) is 111 cm³/mol. The molecule has 0 radical (unpaired) electrons. The zero-order valence-electron chi connectivity index (χ0n) is 16.7. The molecule has 0 spiro atoms. The molecule has 0 fully saturated rings. The number of rotatable bonds is 2. The Morgan fingerprint density at radius 1 is 1.10 bits per heavy atom. The summed E-state index contributed by atoms with van der Waals surface area (Å²) in [6.45, 7) is 2.17. The van der Waals surface area contributed by atoms with Gasteiger partial charge < -0.3 is 19.5 Å². The minimum Gasteiger partial charge on any atom is -0.508 e. The molecule has 1 amide bonds. The normalized spacial score (nSPS) is 14.4.